The first-order valence-electron chi connectivity index (χ1n) is 7.04. The molecule has 1 aromatic carbocycles. The minimum absolute atomic E-state index is 0.0642. The molecule has 0 radical (unpaired) electrons. The van der Waals surface area contributed by atoms with Crippen LogP contribution in [0, 0.1) is 0 Å². The van der Waals surface area contributed by atoms with Gasteiger partial charge in [-0.15, -0.1) is 0 Å². The van der Waals surface area contributed by atoms with Gasteiger partial charge in [0, 0.05) is 18.5 Å². The molecule has 0 bridgehead atoms. The monoisotopic (exact) mass is 452 g/mol. The fraction of sp³-hybridized carbons (Fsp3) is 0.133. The van der Waals surface area contributed by atoms with E-state index in [2.05, 4.69) is 31.0 Å². The van der Waals surface area contributed by atoms with E-state index < -0.39 is 29.5 Å². The molecule has 3 aromatic rings. The summed E-state index contributed by atoms with van der Waals surface area (Å²) in [5, 5.41) is 3.38. The van der Waals surface area contributed by atoms with Crippen molar-refractivity contribution >= 4 is 15.9 Å². The van der Waals surface area contributed by atoms with Gasteiger partial charge in [-0.2, -0.15) is 31.4 Å². The molecule has 0 amide bonds. The zero-order valence-corrected chi connectivity index (χ0v) is 14.5. The molecule has 0 N–H and O–H groups in total. The second kappa shape index (κ2) is 6.83. The molecule has 0 unspecified atom stereocenters. The maximum absolute atomic E-state index is 13.0. The van der Waals surface area contributed by atoms with Crippen LogP contribution in [0.2, 0.25) is 0 Å². The van der Waals surface area contributed by atoms with Crippen LogP contribution < -0.4 is 4.74 Å². The minimum Gasteiger partial charge on any atom is -0.405 e. The average molecular weight is 453 g/mol. The van der Waals surface area contributed by atoms with Gasteiger partial charge in [0.15, 0.2) is 5.69 Å². The normalized spacial score (nSPS) is 12.3. The van der Waals surface area contributed by atoms with Gasteiger partial charge in [-0.1, -0.05) is 0 Å². The van der Waals surface area contributed by atoms with Crippen molar-refractivity contribution in [3.05, 3.63) is 58.5 Å². The van der Waals surface area contributed by atoms with E-state index in [4.69, 9.17) is 4.74 Å². The maximum atomic E-state index is 13.0. The highest BCUT2D eigenvalue weighted by atomic mass is 79.9. The lowest BCUT2D eigenvalue weighted by atomic mass is 10.2. The predicted molar refractivity (Wildman–Crippen MR) is 83.4 cm³/mol. The number of nitrogens with zero attached hydrogens (tertiary/aromatic N) is 4. The third-order valence-electron chi connectivity index (χ3n) is 3.20. The maximum Gasteiger partial charge on any atom is 0.435 e. The second-order valence-corrected chi connectivity index (χ2v) is 6.02. The molecule has 12 heteroatoms. The van der Waals surface area contributed by atoms with E-state index in [0.717, 1.165) is 24.3 Å². The van der Waals surface area contributed by atoms with E-state index in [1.807, 2.05) is 0 Å². The van der Waals surface area contributed by atoms with Gasteiger partial charge in [-0.25, -0.2) is 14.6 Å². The van der Waals surface area contributed by atoms with E-state index in [1.54, 1.807) is 0 Å². The van der Waals surface area contributed by atoms with Gasteiger partial charge < -0.3 is 4.74 Å². The highest BCUT2D eigenvalue weighted by Crippen LogP contribution is 2.34. The summed E-state index contributed by atoms with van der Waals surface area (Å²) in [6.07, 6.45) is -6.74. The van der Waals surface area contributed by atoms with Gasteiger partial charge in [0.1, 0.15) is 0 Å². The molecule has 5 nitrogen and oxygen atoms in total. The Morgan fingerprint density at radius 1 is 0.889 bits per heavy atom. The SMILES string of the molecule is FC(F)(F)c1ccc(-n2nc(C(F)(F)F)cc2Oc2ncc(Br)cn2)cc1. The van der Waals surface area contributed by atoms with Crippen molar-refractivity contribution in [2.24, 2.45) is 0 Å². The van der Waals surface area contributed by atoms with Crippen LogP contribution in [-0.4, -0.2) is 19.7 Å². The Bertz CT molecular complexity index is 935. The van der Waals surface area contributed by atoms with Crippen LogP contribution in [0.25, 0.3) is 5.69 Å². The van der Waals surface area contributed by atoms with Crippen LogP contribution in [0.15, 0.2) is 47.2 Å². The van der Waals surface area contributed by atoms with Crippen molar-refractivity contribution in [1.29, 1.82) is 0 Å². The first kappa shape index (κ1) is 19.1. The van der Waals surface area contributed by atoms with Gasteiger partial charge in [-0.05, 0) is 40.2 Å². The van der Waals surface area contributed by atoms with Gasteiger partial charge in [0.25, 0.3) is 0 Å². The predicted octanol–water partition coefficient (Wildman–Crippen LogP) is 5.25. The molecule has 0 atom stereocenters. The molecule has 2 aromatic heterocycles. The molecule has 0 aliphatic carbocycles. The van der Waals surface area contributed by atoms with Gasteiger partial charge >= 0.3 is 18.4 Å². The number of aromatic nitrogens is 4. The first-order chi connectivity index (χ1) is 12.5. The van der Waals surface area contributed by atoms with E-state index in [0.29, 0.717) is 15.2 Å². The van der Waals surface area contributed by atoms with Crippen LogP contribution in [0.3, 0.4) is 0 Å². The van der Waals surface area contributed by atoms with Gasteiger partial charge in [0.05, 0.1) is 15.7 Å². The molecule has 0 spiro atoms. The lowest BCUT2D eigenvalue weighted by Gasteiger charge is -2.10. The molecule has 27 heavy (non-hydrogen) atoms. The van der Waals surface area contributed by atoms with Crippen LogP contribution in [0.1, 0.15) is 11.3 Å². The van der Waals surface area contributed by atoms with Crippen LogP contribution in [0.5, 0.6) is 11.9 Å². The number of hydrogen-bond acceptors (Lipinski definition) is 4. The topological polar surface area (TPSA) is 52.8 Å². The summed E-state index contributed by atoms with van der Waals surface area (Å²) in [4.78, 5) is 7.55. The van der Waals surface area contributed by atoms with Gasteiger partial charge in [-0.3, -0.25) is 0 Å². The molecule has 142 valence electrons. The fourth-order valence-electron chi connectivity index (χ4n) is 2.00. The van der Waals surface area contributed by atoms with Crippen LogP contribution >= 0.6 is 15.9 Å². The molecule has 0 fully saturated rings. The summed E-state index contributed by atoms with van der Waals surface area (Å²) in [7, 11) is 0. The number of hydrogen-bond donors (Lipinski definition) is 0. The van der Waals surface area contributed by atoms with Crippen LogP contribution in [-0.2, 0) is 12.4 Å². The standard InChI is InChI=1S/C15H7BrF6N4O/c16-9-6-23-13(24-7-9)27-12-5-11(15(20,21)22)25-26(12)10-3-1-8(2-4-10)14(17,18)19/h1-7H. The lowest BCUT2D eigenvalue weighted by molar-refractivity contribution is -0.141. The van der Waals surface area contributed by atoms with Crippen molar-refractivity contribution < 1.29 is 31.1 Å². The lowest BCUT2D eigenvalue weighted by Crippen LogP contribution is -2.08. The number of benzene rings is 1. The molecular weight excluding hydrogens is 446 g/mol. The zero-order chi connectivity index (χ0) is 19.8. The number of ether oxygens (including phenoxy) is 1. The summed E-state index contributed by atoms with van der Waals surface area (Å²) in [5.74, 6) is -0.413. The zero-order valence-electron chi connectivity index (χ0n) is 12.9. The number of alkyl halides is 6. The minimum atomic E-state index is -4.78. The fourth-order valence-corrected chi connectivity index (χ4v) is 2.20. The average Bonchev–Trinajstić information content (AvgIpc) is 3.00. The Balaban J connectivity index is 2.02. The van der Waals surface area contributed by atoms with E-state index in [1.165, 1.54) is 12.4 Å². The third kappa shape index (κ3) is 4.38. The largest absolute Gasteiger partial charge is 0.435 e. The summed E-state index contributed by atoms with van der Waals surface area (Å²) >= 11 is 3.10. The quantitative estimate of drug-likeness (QED) is 0.509. The van der Waals surface area contributed by atoms with Crippen molar-refractivity contribution in [1.82, 2.24) is 19.7 Å². The highest BCUT2D eigenvalue weighted by Gasteiger charge is 2.36. The summed E-state index contributed by atoms with van der Waals surface area (Å²) in [5.41, 5.74) is -2.30. The van der Waals surface area contributed by atoms with Gasteiger partial charge in [0.2, 0.25) is 5.88 Å². The van der Waals surface area contributed by atoms with Crippen molar-refractivity contribution in [2.75, 3.05) is 0 Å². The Morgan fingerprint density at radius 3 is 2.00 bits per heavy atom. The second-order valence-electron chi connectivity index (χ2n) is 5.11. The van der Waals surface area contributed by atoms with E-state index in [9.17, 15) is 26.3 Å². The summed E-state index contributed by atoms with van der Waals surface area (Å²) in [6, 6.07) is 3.74. The highest BCUT2D eigenvalue weighted by molar-refractivity contribution is 9.10. The number of halogens is 7. The molecule has 0 saturated carbocycles. The summed E-state index contributed by atoms with van der Waals surface area (Å²) in [6.45, 7) is 0. The Hall–Kier alpha value is -2.63. The Kier molecular flexibility index (Phi) is 4.84. The van der Waals surface area contributed by atoms with E-state index >= 15 is 0 Å². The smallest absolute Gasteiger partial charge is 0.405 e. The van der Waals surface area contributed by atoms with Crippen molar-refractivity contribution in [2.45, 2.75) is 12.4 Å². The number of rotatable bonds is 3. The first-order valence-corrected chi connectivity index (χ1v) is 7.83. The van der Waals surface area contributed by atoms with Crippen molar-refractivity contribution in [3.63, 3.8) is 0 Å². The molecule has 0 saturated heterocycles. The van der Waals surface area contributed by atoms with Crippen molar-refractivity contribution in [3.8, 4) is 17.6 Å². The molecule has 0 aliphatic rings. The third-order valence-corrected chi connectivity index (χ3v) is 3.61. The Labute approximate surface area is 155 Å². The molecular formula is C15H7BrF6N4O. The molecule has 3 rings (SSSR count). The molecule has 2 heterocycles. The summed E-state index contributed by atoms with van der Waals surface area (Å²) < 4.78 is 83.4. The Morgan fingerprint density at radius 2 is 1.48 bits per heavy atom. The van der Waals surface area contributed by atoms with E-state index in [-0.39, 0.29) is 11.7 Å². The molecule has 0 aliphatic heterocycles. The van der Waals surface area contributed by atoms with Crippen LogP contribution in [0.4, 0.5) is 26.3 Å².